The fraction of sp³-hybridized carbons (Fsp3) is 0.158. The van der Waals surface area contributed by atoms with Crippen molar-refractivity contribution in [1.82, 2.24) is 15.0 Å². The summed E-state index contributed by atoms with van der Waals surface area (Å²) in [6.07, 6.45) is 0. The Hall–Kier alpha value is -3.88. The van der Waals surface area contributed by atoms with Gasteiger partial charge in [-0.1, -0.05) is 35.0 Å². The molecule has 2 amide bonds. The molecule has 0 radical (unpaired) electrons. The summed E-state index contributed by atoms with van der Waals surface area (Å²) in [5.41, 5.74) is 8.10. The van der Waals surface area contributed by atoms with Gasteiger partial charge in [0.15, 0.2) is 11.5 Å². The van der Waals surface area contributed by atoms with Crippen molar-refractivity contribution < 1.29 is 14.3 Å². The maximum absolute atomic E-state index is 12.4. The van der Waals surface area contributed by atoms with Gasteiger partial charge in [0.2, 0.25) is 5.91 Å². The van der Waals surface area contributed by atoms with Crippen LogP contribution in [0.4, 0.5) is 17.2 Å². The van der Waals surface area contributed by atoms with Gasteiger partial charge in [-0.15, -0.1) is 5.10 Å². The number of rotatable bonds is 6. The SMILES string of the molecule is COc1ccccc1NC(=O)Cn1nnc(C(=O)Nc2ccc(C)cc2)c1N. The number of hydrogen-bond acceptors (Lipinski definition) is 6. The van der Waals surface area contributed by atoms with Crippen LogP contribution in [0.5, 0.6) is 5.75 Å². The molecule has 1 aromatic heterocycles. The second-order valence-electron chi connectivity index (χ2n) is 6.05. The van der Waals surface area contributed by atoms with Gasteiger partial charge in [-0.05, 0) is 31.2 Å². The molecule has 0 aliphatic heterocycles. The molecule has 0 bridgehead atoms. The number of aryl methyl sites for hydroxylation is 1. The third kappa shape index (κ3) is 4.26. The lowest BCUT2D eigenvalue weighted by molar-refractivity contribution is -0.116. The summed E-state index contributed by atoms with van der Waals surface area (Å²) < 4.78 is 6.35. The van der Waals surface area contributed by atoms with Crippen LogP contribution < -0.4 is 21.1 Å². The van der Waals surface area contributed by atoms with Crippen molar-refractivity contribution in [1.29, 1.82) is 0 Å². The lowest BCUT2D eigenvalue weighted by Crippen LogP contribution is -2.21. The van der Waals surface area contributed by atoms with Crippen LogP contribution in [0.3, 0.4) is 0 Å². The molecule has 144 valence electrons. The van der Waals surface area contributed by atoms with Crippen molar-refractivity contribution in [2.45, 2.75) is 13.5 Å². The van der Waals surface area contributed by atoms with Gasteiger partial charge in [-0.2, -0.15) is 0 Å². The topological polar surface area (TPSA) is 124 Å². The van der Waals surface area contributed by atoms with Crippen LogP contribution in [0.25, 0.3) is 0 Å². The molecule has 0 saturated carbocycles. The van der Waals surface area contributed by atoms with Gasteiger partial charge < -0.3 is 21.1 Å². The zero-order valence-electron chi connectivity index (χ0n) is 15.5. The lowest BCUT2D eigenvalue weighted by Gasteiger charge is -2.10. The number of para-hydroxylation sites is 2. The average molecular weight is 380 g/mol. The number of nitrogens with two attached hydrogens (primary N) is 1. The molecule has 9 heteroatoms. The highest BCUT2D eigenvalue weighted by Crippen LogP contribution is 2.23. The highest BCUT2D eigenvalue weighted by molar-refractivity contribution is 6.05. The molecule has 0 aliphatic carbocycles. The first kappa shape index (κ1) is 18.9. The zero-order valence-corrected chi connectivity index (χ0v) is 15.5. The predicted octanol–water partition coefficient (Wildman–Crippen LogP) is 2.07. The molecule has 0 aliphatic rings. The van der Waals surface area contributed by atoms with Gasteiger partial charge in [-0.3, -0.25) is 9.59 Å². The van der Waals surface area contributed by atoms with Crippen molar-refractivity contribution in [2.24, 2.45) is 0 Å². The van der Waals surface area contributed by atoms with Gasteiger partial charge >= 0.3 is 0 Å². The predicted molar refractivity (Wildman–Crippen MR) is 105 cm³/mol. The van der Waals surface area contributed by atoms with Crippen LogP contribution in [0.1, 0.15) is 16.1 Å². The molecular formula is C19H20N6O3. The molecule has 3 rings (SSSR count). The Morgan fingerprint density at radius 3 is 2.54 bits per heavy atom. The Balaban J connectivity index is 1.67. The number of carbonyl (C=O) groups excluding carboxylic acids is 2. The van der Waals surface area contributed by atoms with Crippen molar-refractivity contribution in [2.75, 3.05) is 23.5 Å². The van der Waals surface area contributed by atoms with Crippen LogP contribution in [0.15, 0.2) is 48.5 Å². The largest absolute Gasteiger partial charge is 0.495 e. The van der Waals surface area contributed by atoms with E-state index in [2.05, 4.69) is 20.9 Å². The molecule has 0 fully saturated rings. The van der Waals surface area contributed by atoms with E-state index in [0.29, 0.717) is 17.1 Å². The fourth-order valence-corrected chi connectivity index (χ4v) is 2.50. The van der Waals surface area contributed by atoms with Crippen LogP contribution in [0.2, 0.25) is 0 Å². The van der Waals surface area contributed by atoms with Crippen LogP contribution in [-0.2, 0) is 11.3 Å². The van der Waals surface area contributed by atoms with E-state index in [9.17, 15) is 9.59 Å². The zero-order chi connectivity index (χ0) is 20.1. The summed E-state index contributed by atoms with van der Waals surface area (Å²) in [6, 6.07) is 14.3. The minimum atomic E-state index is -0.502. The van der Waals surface area contributed by atoms with Crippen molar-refractivity contribution in [3.8, 4) is 5.75 Å². The van der Waals surface area contributed by atoms with E-state index in [0.717, 1.165) is 10.2 Å². The number of aromatic nitrogens is 3. The lowest BCUT2D eigenvalue weighted by atomic mass is 10.2. The van der Waals surface area contributed by atoms with Crippen LogP contribution >= 0.6 is 0 Å². The Bertz CT molecular complexity index is 997. The van der Waals surface area contributed by atoms with E-state index in [1.807, 2.05) is 19.1 Å². The molecule has 0 spiro atoms. The first-order valence-corrected chi connectivity index (χ1v) is 8.48. The number of nitrogens with zero attached hydrogens (tertiary/aromatic N) is 3. The van der Waals surface area contributed by atoms with Crippen molar-refractivity contribution in [3.05, 3.63) is 59.8 Å². The summed E-state index contributed by atoms with van der Waals surface area (Å²) in [6.45, 7) is 1.75. The highest BCUT2D eigenvalue weighted by Gasteiger charge is 2.19. The van der Waals surface area contributed by atoms with Gasteiger partial charge in [0, 0.05) is 5.69 Å². The van der Waals surface area contributed by atoms with Gasteiger partial charge in [0.25, 0.3) is 5.91 Å². The summed E-state index contributed by atoms with van der Waals surface area (Å²) in [5, 5.41) is 13.0. The van der Waals surface area contributed by atoms with E-state index in [-0.39, 0.29) is 24.0 Å². The van der Waals surface area contributed by atoms with Gasteiger partial charge in [0.1, 0.15) is 12.3 Å². The number of ether oxygens (including phenoxy) is 1. The van der Waals surface area contributed by atoms with Gasteiger partial charge in [0.05, 0.1) is 12.8 Å². The second-order valence-corrected chi connectivity index (χ2v) is 6.05. The number of nitrogens with one attached hydrogen (secondary N) is 2. The number of hydrogen-bond donors (Lipinski definition) is 3. The van der Waals surface area contributed by atoms with E-state index in [1.54, 1.807) is 36.4 Å². The first-order chi connectivity index (χ1) is 13.5. The third-order valence-electron chi connectivity index (χ3n) is 3.97. The Morgan fingerprint density at radius 1 is 1.11 bits per heavy atom. The highest BCUT2D eigenvalue weighted by atomic mass is 16.5. The fourth-order valence-electron chi connectivity index (χ4n) is 2.50. The molecule has 0 saturated heterocycles. The second kappa shape index (κ2) is 8.21. The molecular weight excluding hydrogens is 360 g/mol. The summed E-state index contributed by atoms with van der Waals surface area (Å²) in [7, 11) is 1.51. The van der Waals surface area contributed by atoms with Crippen LogP contribution in [0, 0.1) is 6.92 Å². The molecule has 3 aromatic rings. The first-order valence-electron chi connectivity index (χ1n) is 8.48. The average Bonchev–Trinajstić information content (AvgIpc) is 3.04. The normalized spacial score (nSPS) is 10.4. The van der Waals surface area contributed by atoms with E-state index in [4.69, 9.17) is 10.5 Å². The Morgan fingerprint density at radius 2 is 1.82 bits per heavy atom. The maximum atomic E-state index is 12.4. The molecule has 4 N–H and O–H groups in total. The molecule has 0 unspecified atom stereocenters. The molecule has 1 heterocycles. The van der Waals surface area contributed by atoms with Crippen molar-refractivity contribution in [3.63, 3.8) is 0 Å². The molecule has 28 heavy (non-hydrogen) atoms. The summed E-state index contributed by atoms with van der Waals surface area (Å²) in [5.74, 6) is -0.357. The van der Waals surface area contributed by atoms with E-state index >= 15 is 0 Å². The quantitative estimate of drug-likeness (QED) is 0.601. The van der Waals surface area contributed by atoms with E-state index in [1.165, 1.54) is 7.11 Å². The standard InChI is InChI=1S/C19H20N6O3/c1-12-7-9-13(10-8-12)21-19(27)17-18(20)25(24-23-17)11-16(26)22-14-5-3-4-6-15(14)28-2/h3-10H,11,20H2,1-2H3,(H,21,27)(H,22,26). The monoisotopic (exact) mass is 380 g/mol. The Labute approximate surface area is 161 Å². The van der Waals surface area contributed by atoms with E-state index < -0.39 is 5.91 Å². The molecule has 2 aromatic carbocycles. The number of methoxy groups -OCH3 is 1. The number of carbonyl (C=O) groups is 2. The smallest absolute Gasteiger partial charge is 0.280 e. The number of nitrogen functional groups attached to an aromatic ring is 1. The summed E-state index contributed by atoms with van der Waals surface area (Å²) in [4.78, 5) is 24.7. The molecule has 9 nitrogen and oxygen atoms in total. The molecule has 0 atom stereocenters. The maximum Gasteiger partial charge on any atom is 0.280 e. The van der Waals surface area contributed by atoms with Gasteiger partial charge in [-0.25, -0.2) is 4.68 Å². The Kier molecular flexibility index (Phi) is 5.54. The van der Waals surface area contributed by atoms with Crippen molar-refractivity contribution >= 4 is 29.0 Å². The number of amides is 2. The minimum Gasteiger partial charge on any atom is -0.495 e. The van der Waals surface area contributed by atoms with Crippen LogP contribution in [-0.4, -0.2) is 33.9 Å². The number of benzene rings is 2. The number of anilines is 3. The minimum absolute atomic E-state index is 0.000196. The third-order valence-corrected chi connectivity index (χ3v) is 3.97. The summed E-state index contributed by atoms with van der Waals surface area (Å²) >= 11 is 0.